The number of hydrogen-bond acceptors (Lipinski definition) is 2. The molecule has 0 spiro atoms. The minimum atomic E-state index is -2.35. The van der Waals surface area contributed by atoms with E-state index >= 15 is 0 Å². The van der Waals surface area contributed by atoms with Crippen LogP contribution in [0.4, 0.5) is 0 Å². The third kappa shape index (κ3) is 8.31. The maximum Gasteiger partial charge on any atom is 0.177 e. The molecule has 0 amide bonds. The number of hydrogen-bond donors (Lipinski definition) is 2. The highest BCUT2D eigenvalue weighted by Gasteiger charge is 2.56. The molecule has 366 valence electrons. The second kappa shape index (κ2) is 20.0. The van der Waals surface area contributed by atoms with E-state index in [4.69, 9.17) is 0 Å². The Morgan fingerprint density at radius 1 is 0.300 bits per heavy atom. The van der Waals surface area contributed by atoms with Gasteiger partial charge < -0.3 is 10.2 Å². The van der Waals surface area contributed by atoms with Crippen LogP contribution < -0.4 is 0 Å². The van der Waals surface area contributed by atoms with Crippen LogP contribution in [0.1, 0.15) is 215 Å². The van der Waals surface area contributed by atoms with Gasteiger partial charge in [-0.1, -0.05) is 253 Å². The van der Waals surface area contributed by atoms with Crippen molar-refractivity contribution in [3.63, 3.8) is 0 Å². The monoisotopic (exact) mass is 963 g/mol. The summed E-state index contributed by atoms with van der Waals surface area (Å²) in [6, 6.07) is 31.1. The summed E-state index contributed by atoms with van der Waals surface area (Å²) < 4.78 is 0. The van der Waals surface area contributed by atoms with Gasteiger partial charge in [-0.15, -0.1) is 11.1 Å². The summed E-state index contributed by atoms with van der Waals surface area (Å²) in [7, 11) is -4.70. The van der Waals surface area contributed by atoms with Crippen LogP contribution >= 0.6 is 0 Å². The standard InChI is InChI=1S/C66H82O2Si2/c67-65(39-41-69(55-27-7-1-8-28-55,56-29-9-2-10-30-56)57-31-11-3-12-32-57)61-45-51-25-21-22-26-52(51)46-62(61)66(68,64-48-54-44-50-24-20-19-23-49(50)43-53(54)47-63(64)65)40-42-70(58-33-13-4-14-34-58,59-35-15-5-16-36-59)60-37-17-6-18-38-60/h19-26,43-48,55-60,67-68H,1-18,27-38H2. The lowest BCUT2D eigenvalue weighted by molar-refractivity contribution is 0.0950. The summed E-state index contributed by atoms with van der Waals surface area (Å²) in [5.41, 5.74) is 13.1. The molecule has 0 saturated heterocycles. The lowest BCUT2D eigenvalue weighted by atomic mass is 9.67. The summed E-state index contributed by atoms with van der Waals surface area (Å²) in [5.74, 6) is 8.18. The minimum Gasteiger partial charge on any atom is -0.369 e. The van der Waals surface area contributed by atoms with Gasteiger partial charge in [0, 0.05) is 22.3 Å². The van der Waals surface area contributed by atoms with E-state index in [2.05, 4.69) is 108 Å². The molecule has 70 heavy (non-hydrogen) atoms. The van der Waals surface area contributed by atoms with Crippen molar-refractivity contribution < 1.29 is 10.2 Å². The van der Waals surface area contributed by atoms with Crippen molar-refractivity contribution in [1.29, 1.82) is 0 Å². The molecule has 2 N–H and O–H groups in total. The Bertz CT molecular complexity index is 2520. The predicted molar refractivity (Wildman–Crippen MR) is 299 cm³/mol. The van der Waals surface area contributed by atoms with E-state index in [0.29, 0.717) is 33.2 Å². The molecule has 0 aliphatic heterocycles. The van der Waals surface area contributed by atoms with Gasteiger partial charge in [0.2, 0.25) is 0 Å². The van der Waals surface area contributed by atoms with Crippen molar-refractivity contribution in [2.45, 2.75) is 237 Å². The number of benzene rings is 5. The summed E-state index contributed by atoms with van der Waals surface area (Å²) in [6.07, 6.45) is 40.1. The smallest absolute Gasteiger partial charge is 0.177 e. The van der Waals surface area contributed by atoms with E-state index in [0.717, 1.165) is 43.8 Å². The van der Waals surface area contributed by atoms with E-state index < -0.39 is 27.3 Å². The molecule has 12 rings (SSSR count). The molecule has 7 aliphatic rings. The maximum absolute atomic E-state index is 14.5. The molecule has 2 unspecified atom stereocenters. The van der Waals surface area contributed by atoms with Crippen LogP contribution in [0.15, 0.2) is 84.9 Å². The van der Waals surface area contributed by atoms with Crippen LogP contribution in [-0.4, -0.2) is 26.4 Å². The van der Waals surface area contributed by atoms with Crippen LogP contribution in [0.25, 0.3) is 32.3 Å². The topological polar surface area (TPSA) is 40.5 Å². The van der Waals surface area contributed by atoms with E-state index in [9.17, 15) is 10.2 Å². The molecule has 6 fully saturated rings. The Labute approximate surface area is 423 Å². The SMILES string of the molecule is OC1(C#C[Si](C2CCCCC2)(C2CCCCC2)C2CCCCC2)c2cc3ccccc3cc2C(O)(C#C[Si](C2CCCCC2)(C2CCCCC2)C2CCCCC2)c2cc3cc4ccccc4cc3cc21. The molecule has 2 atom stereocenters. The summed E-state index contributed by atoms with van der Waals surface area (Å²) in [6.45, 7) is 0. The first-order valence-electron chi connectivity index (χ1n) is 29.4. The zero-order chi connectivity index (χ0) is 47.2. The van der Waals surface area contributed by atoms with Crippen LogP contribution in [0.2, 0.25) is 33.2 Å². The normalized spacial score (nSPS) is 26.3. The molecule has 0 radical (unpaired) electrons. The van der Waals surface area contributed by atoms with Crippen molar-refractivity contribution in [2.24, 2.45) is 0 Å². The lowest BCUT2D eigenvalue weighted by Gasteiger charge is -2.50. The fraction of sp³-hybridized carbons (Fsp3) is 0.576. The van der Waals surface area contributed by atoms with Crippen molar-refractivity contribution in [2.75, 3.05) is 0 Å². The summed E-state index contributed by atoms with van der Waals surface area (Å²) >= 11 is 0. The molecule has 7 aliphatic carbocycles. The zero-order valence-corrected chi connectivity index (χ0v) is 44.7. The van der Waals surface area contributed by atoms with Gasteiger partial charge in [0.05, 0.1) is 0 Å². The van der Waals surface area contributed by atoms with Gasteiger partial charge in [0.1, 0.15) is 16.1 Å². The molecule has 2 nitrogen and oxygen atoms in total. The third-order valence-corrected chi connectivity index (χ3v) is 33.6. The van der Waals surface area contributed by atoms with Gasteiger partial charge in [-0.2, -0.15) is 0 Å². The fourth-order valence-corrected chi connectivity index (χ4v) is 31.7. The van der Waals surface area contributed by atoms with Crippen LogP contribution in [0.3, 0.4) is 0 Å². The number of aliphatic hydroxyl groups is 2. The second-order valence-corrected chi connectivity index (χ2v) is 33.6. The van der Waals surface area contributed by atoms with Gasteiger partial charge in [0.15, 0.2) is 11.2 Å². The molecule has 5 aromatic rings. The lowest BCUT2D eigenvalue weighted by Crippen LogP contribution is -2.51. The van der Waals surface area contributed by atoms with Crippen LogP contribution in [-0.2, 0) is 11.2 Å². The van der Waals surface area contributed by atoms with Gasteiger partial charge in [-0.05, 0) is 102 Å². The Morgan fingerprint density at radius 3 is 0.757 bits per heavy atom. The summed E-state index contributed by atoms with van der Waals surface area (Å²) in [4.78, 5) is 0. The molecule has 0 bridgehead atoms. The minimum absolute atomic E-state index is 0.700. The van der Waals surface area contributed by atoms with Gasteiger partial charge in [-0.3, -0.25) is 0 Å². The van der Waals surface area contributed by atoms with Crippen molar-refractivity contribution in [3.8, 4) is 22.9 Å². The highest BCUT2D eigenvalue weighted by atomic mass is 28.3. The highest BCUT2D eigenvalue weighted by molar-refractivity contribution is 6.91. The van der Waals surface area contributed by atoms with Crippen LogP contribution in [0, 0.1) is 22.9 Å². The molecule has 5 aromatic carbocycles. The molecular formula is C66H82O2Si2. The maximum atomic E-state index is 14.5. The quantitative estimate of drug-likeness (QED) is 0.101. The Kier molecular flexibility index (Phi) is 13.5. The molecule has 6 saturated carbocycles. The molecule has 0 aromatic heterocycles. The third-order valence-electron chi connectivity index (χ3n) is 20.9. The summed E-state index contributed by atoms with van der Waals surface area (Å²) in [5, 5.41) is 35.9. The number of rotatable bonds is 6. The van der Waals surface area contributed by atoms with Gasteiger partial charge >= 0.3 is 0 Å². The first-order valence-corrected chi connectivity index (χ1v) is 33.9. The Hall–Kier alpha value is -3.65. The van der Waals surface area contributed by atoms with Crippen LogP contribution in [0.5, 0.6) is 0 Å². The van der Waals surface area contributed by atoms with E-state index in [1.807, 2.05) is 0 Å². The largest absolute Gasteiger partial charge is 0.369 e. The van der Waals surface area contributed by atoms with Crippen molar-refractivity contribution in [3.05, 3.63) is 107 Å². The van der Waals surface area contributed by atoms with Gasteiger partial charge in [-0.25, -0.2) is 0 Å². The first-order chi connectivity index (χ1) is 34.4. The molecular weight excluding hydrogens is 881 g/mol. The zero-order valence-electron chi connectivity index (χ0n) is 42.7. The molecule has 4 heteroatoms. The second-order valence-electron chi connectivity index (χ2n) is 24.5. The average Bonchev–Trinajstić information content (AvgIpc) is 3.43. The van der Waals surface area contributed by atoms with E-state index in [1.54, 1.807) is 0 Å². The average molecular weight is 964 g/mol. The number of fused-ring (bicyclic) bond motifs is 5. The first kappa shape index (κ1) is 47.4. The predicted octanol–water partition coefficient (Wildman–Crippen LogP) is 17.9. The Morgan fingerprint density at radius 2 is 0.514 bits per heavy atom. The highest BCUT2D eigenvalue weighted by Crippen LogP contribution is 2.60. The van der Waals surface area contributed by atoms with Crippen molar-refractivity contribution in [1.82, 2.24) is 0 Å². The van der Waals surface area contributed by atoms with E-state index in [1.165, 1.54) is 203 Å². The molecule has 0 heterocycles. The van der Waals surface area contributed by atoms with E-state index in [-0.39, 0.29) is 0 Å². The van der Waals surface area contributed by atoms with Gasteiger partial charge in [0.25, 0.3) is 0 Å². The fourth-order valence-electron chi connectivity index (χ4n) is 17.5. The van der Waals surface area contributed by atoms with Crippen molar-refractivity contribution >= 4 is 48.5 Å². The Balaban J connectivity index is 1.14.